The Labute approximate surface area is 106 Å². The monoisotopic (exact) mass is 250 g/mol. The third-order valence-electron chi connectivity index (χ3n) is 2.65. The van der Waals surface area contributed by atoms with Gasteiger partial charge in [0.05, 0.1) is 12.7 Å². The molecule has 92 valence electrons. The number of aliphatic hydroxyl groups is 1. The average Bonchev–Trinajstić information content (AvgIpc) is 2.71. The Balaban J connectivity index is 2.25. The van der Waals surface area contributed by atoms with Crippen molar-refractivity contribution in [1.82, 2.24) is 0 Å². The van der Waals surface area contributed by atoms with Gasteiger partial charge in [-0.25, -0.2) is 0 Å². The Morgan fingerprint density at radius 3 is 2.71 bits per heavy atom. The smallest absolute Gasteiger partial charge is 0.119 e. The Morgan fingerprint density at radius 2 is 2.06 bits per heavy atom. The molecule has 17 heavy (non-hydrogen) atoms. The molecule has 1 unspecified atom stereocenters. The Hall–Kier alpha value is -0.900. The molecule has 0 aliphatic heterocycles. The van der Waals surface area contributed by atoms with Crippen LogP contribution in [0.2, 0.25) is 0 Å². The molecule has 2 rings (SSSR count). The van der Waals surface area contributed by atoms with Gasteiger partial charge >= 0.3 is 0 Å². The van der Waals surface area contributed by atoms with Gasteiger partial charge in [0.2, 0.25) is 0 Å². The minimum Gasteiger partial charge on any atom is -0.382 e. The first-order valence-corrected chi connectivity index (χ1v) is 6.64. The van der Waals surface area contributed by atoms with Gasteiger partial charge in [-0.3, -0.25) is 0 Å². The van der Waals surface area contributed by atoms with Crippen molar-refractivity contribution in [2.75, 3.05) is 6.61 Å². The fraction of sp³-hybridized carbons (Fsp3) is 0.429. The van der Waals surface area contributed by atoms with Crippen LogP contribution >= 0.6 is 11.3 Å². The number of ether oxygens (including phenoxy) is 1. The number of fused-ring (bicyclic) bond motifs is 1. The zero-order valence-corrected chi connectivity index (χ0v) is 11.3. The molecule has 0 radical (unpaired) electrons. The van der Waals surface area contributed by atoms with E-state index in [2.05, 4.69) is 12.1 Å². The highest BCUT2D eigenvalue weighted by Gasteiger charge is 2.26. The zero-order valence-electron chi connectivity index (χ0n) is 10.4. The summed E-state index contributed by atoms with van der Waals surface area (Å²) in [7, 11) is 0. The van der Waals surface area contributed by atoms with Crippen LogP contribution in [0, 0.1) is 0 Å². The Bertz CT molecular complexity index is 467. The summed E-state index contributed by atoms with van der Waals surface area (Å²) in [5.74, 6) is 0. The van der Waals surface area contributed by atoms with E-state index in [1.807, 2.05) is 32.0 Å². The van der Waals surface area contributed by atoms with Crippen LogP contribution in [-0.4, -0.2) is 17.8 Å². The lowest BCUT2D eigenvalue weighted by Crippen LogP contribution is -2.28. The minimum atomic E-state index is -0.909. The van der Waals surface area contributed by atoms with E-state index in [1.54, 1.807) is 18.3 Å². The summed E-state index contributed by atoms with van der Waals surface area (Å²) in [4.78, 5) is 0.958. The van der Waals surface area contributed by atoms with Gasteiger partial charge < -0.3 is 9.84 Å². The second kappa shape index (κ2) is 4.77. The van der Waals surface area contributed by atoms with Crippen LogP contribution in [-0.2, 0) is 10.3 Å². The molecule has 2 aromatic rings. The first-order chi connectivity index (χ1) is 7.99. The maximum Gasteiger partial charge on any atom is 0.119 e. The molecular formula is C14H18O2S. The standard InChI is InChI=1S/C14H18O2S/c1-10(2)16-9-14(3,15)13-8-11-6-4-5-7-12(11)17-13/h4-8,10,15H,9H2,1-3H3. The van der Waals surface area contributed by atoms with Crippen LogP contribution in [0.4, 0.5) is 0 Å². The van der Waals surface area contributed by atoms with Crippen molar-refractivity contribution < 1.29 is 9.84 Å². The Kier molecular flexibility index (Phi) is 3.52. The highest BCUT2D eigenvalue weighted by molar-refractivity contribution is 7.19. The molecular weight excluding hydrogens is 232 g/mol. The maximum absolute atomic E-state index is 10.4. The van der Waals surface area contributed by atoms with Crippen molar-refractivity contribution in [3.8, 4) is 0 Å². The van der Waals surface area contributed by atoms with Gasteiger partial charge in [-0.2, -0.15) is 0 Å². The van der Waals surface area contributed by atoms with E-state index in [0.717, 1.165) is 4.88 Å². The van der Waals surface area contributed by atoms with Crippen molar-refractivity contribution in [2.45, 2.75) is 32.5 Å². The van der Waals surface area contributed by atoms with Crippen LogP contribution in [0.1, 0.15) is 25.6 Å². The summed E-state index contributed by atoms with van der Waals surface area (Å²) in [6, 6.07) is 10.2. The largest absolute Gasteiger partial charge is 0.382 e. The SMILES string of the molecule is CC(C)OCC(C)(O)c1cc2ccccc2s1. The molecule has 1 aromatic heterocycles. The molecule has 0 amide bonds. The maximum atomic E-state index is 10.4. The Morgan fingerprint density at radius 1 is 1.35 bits per heavy atom. The van der Waals surface area contributed by atoms with E-state index in [1.165, 1.54) is 10.1 Å². The zero-order chi connectivity index (χ0) is 12.5. The predicted molar refractivity (Wildman–Crippen MR) is 72.5 cm³/mol. The third kappa shape index (κ3) is 2.86. The number of rotatable bonds is 4. The summed E-state index contributed by atoms with van der Waals surface area (Å²) >= 11 is 1.63. The summed E-state index contributed by atoms with van der Waals surface area (Å²) in [5.41, 5.74) is -0.909. The number of hydrogen-bond donors (Lipinski definition) is 1. The molecule has 1 N–H and O–H groups in total. The number of thiophene rings is 1. The normalized spacial score (nSPS) is 15.4. The highest BCUT2D eigenvalue weighted by Crippen LogP contribution is 2.33. The van der Waals surface area contributed by atoms with Crippen LogP contribution in [0.5, 0.6) is 0 Å². The molecule has 1 heterocycles. The van der Waals surface area contributed by atoms with E-state index in [9.17, 15) is 5.11 Å². The quantitative estimate of drug-likeness (QED) is 0.899. The topological polar surface area (TPSA) is 29.5 Å². The average molecular weight is 250 g/mol. The van der Waals surface area contributed by atoms with Crippen molar-refractivity contribution in [3.05, 3.63) is 35.2 Å². The van der Waals surface area contributed by atoms with Gasteiger partial charge in [0, 0.05) is 9.58 Å². The molecule has 1 atom stereocenters. The van der Waals surface area contributed by atoms with E-state index in [0.29, 0.717) is 6.61 Å². The molecule has 1 aromatic carbocycles. The third-order valence-corrected chi connectivity index (χ3v) is 4.02. The van der Waals surface area contributed by atoms with E-state index < -0.39 is 5.60 Å². The lowest BCUT2D eigenvalue weighted by Gasteiger charge is -2.23. The fourth-order valence-electron chi connectivity index (χ4n) is 1.65. The fourth-order valence-corrected chi connectivity index (χ4v) is 2.74. The van der Waals surface area contributed by atoms with Crippen molar-refractivity contribution >= 4 is 21.4 Å². The van der Waals surface area contributed by atoms with E-state index >= 15 is 0 Å². The van der Waals surface area contributed by atoms with Crippen LogP contribution < -0.4 is 0 Å². The first kappa shape index (κ1) is 12.6. The van der Waals surface area contributed by atoms with Gasteiger partial charge in [0.1, 0.15) is 5.60 Å². The predicted octanol–water partition coefficient (Wildman–Crippen LogP) is 3.53. The van der Waals surface area contributed by atoms with Crippen LogP contribution in [0.25, 0.3) is 10.1 Å². The van der Waals surface area contributed by atoms with Gasteiger partial charge in [0.25, 0.3) is 0 Å². The summed E-state index contributed by atoms with van der Waals surface area (Å²) in [5, 5.41) is 11.6. The molecule has 0 spiro atoms. The number of benzene rings is 1. The summed E-state index contributed by atoms with van der Waals surface area (Å²) in [6.07, 6.45) is 0.135. The first-order valence-electron chi connectivity index (χ1n) is 5.82. The summed E-state index contributed by atoms with van der Waals surface area (Å²) in [6.45, 7) is 6.08. The lowest BCUT2D eigenvalue weighted by atomic mass is 10.1. The van der Waals surface area contributed by atoms with Crippen LogP contribution in [0.3, 0.4) is 0 Å². The van der Waals surface area contributed by atoms with Gasteiger partial charge in [-0.05, 0) is 38.3 Å². The second-order valence-electron chi connectivity index (χ2n) is 4.78. The lowest BCUT2D eigenvalue weighted by molar-refractivity contribution is -0.0553. The molecule has 0 aliphatic carbocycles. The van der Waals surface area contributed by atoms with Crippen molar-refractivity contribution in [3.63, 3.8) is 0 Å². The molecule has 0 bridgehead atoms. The molecule has 0 saturated heterocycles. The molecule has 3 heteroatoms. The van der Waals surface area contributed by atoms with Crippen molar-refractivity contribution in [2.24, 2.45) is 0 Å². The summed E-state index contributed by atoms with van der Waals surface area (Å²) < 4.78 is 6.71. The minimum absolute atomic E-state index is 0.135. The number of hydrogen-bond acceptors (Lipinski definition) is 3. The van der Waals surface area contributed by atoms with E-state index in [-0.39, 0.29) is 6.10 Å². The van der Waals surface area contributed by atoms with Crippen molar-refractivity contribution in [1.29, 1.82) is 0 Å². The molecule has 0 fully saturated rings. The highest BCUT2D eigenvalue weighted by atomic mass is 32.1. The van der Waals surface area contributed by atoms with Gasteiger partial charge in [-0.1, -0.05) is 18.2 Å². The van der Waals surface area contributed by atoms with Gasteiger partial charge in [-0.15, -0.1) is 11.3 Å². The second-order valence-corrected chi connectivity index (χ2v) is 5.87. The molecule has 0 saturated carbocycles. The van der Waals surface area contributed by atoms with E-state index in [4.69, 9.17) is 4.74 Å². The van der Waals surface area contributed by atoms with Gasteiger partial charge in [0.15, 0.2) is 0 Å². The molecule has 0 aliphatic rings. The molecule has 2 nitrogen and oxygen atoms in total. The van der Waals surface area contributed by atoms with Crippen LogP contribution in [0.15, 0.2) is 30.3 Å².